The van der Waals surface area contributed by atoms with Crippen molar-refractivity contribution in [3.05, 3.63) is 142 Å². The largest absolute Gasteiger partial charge is 0.478 e. The van der Waals surface area contributed by atoms with Crippen LogP contribution in [-0.2, 0) is 68.1 Å². The van der Waals surface area contributed by atoms with Crippen LogP contribution in [0.5, 0.6) is 0 Å². The number of hydrogen-bond acceptors (Lipinski definition) is 10. The molecule has 426 valence electrons. The quantitative estimate of drug-likeness (QED) is 0.0255. The van der Waals surface area contributed by atoms with E-state index in [1.807, 2.05) is 129 Å². The highest BCUT2D eigenvalue weighted by Crippen LogP contribution is 2.31. The third kappa shape index (κ3) is 16.8. The number of hydrogen-bond donors (Lipinski definition) is 5. The van der Waals surface area contributed by atoms with E-state index in [1.165, 1.54) is 11.8 Å². The van der Waals surface area contributed by atoms with Crippen LogP contribution < -0.4 is 26.2 Å². The Balaban J connectivity index is 1.11. The second-order valence-corrected chi connectivity index (χ2v) is 23.1. The standard InChI is InChI=1S/C64H80N6O10/c1-39(2)51(33-42(6)62(78)79)69(13)61(77)58(63(7,8)9)68-60(76)57(65-12)64(10,11)48-23-18-19-44(35-48)36-55(74)80-38-43-25-29-49(30-26-43)66-59(75)41(5)34-52(71)56(40(3)4)67-53(72)31-32-54(73)70-37-47-22-15-14-20-45(47)27-28-46-21-16-17-24-50(46)70/h14-26,29-30,33,35,39-41,51,56-58,65H,31-32,34,36-38H2,1-13H3,(H,66,75)(H,67,72)(H,68,76)(H,78,79)/b42-33+/t41-,51-,56+,57-,58-/m1/s1. The molecule has 4 aromatic rings. The summed E-state index contributed by atoms with van der Waals surface area (Å²) in [6, 6.07) is 26.0. The van der Waals surface area contributed by atoms with Gasteiger partial charge in [0.25, 0.3) is 0 Å². The summed E-state index contributed by atoms with van der Waals surface area (Å²) in [5, 5.41) is 21.3. The van der Waals surface area contributed by atoms with Crippen LogP contribution in [0.4, 0.5) is 11.4 Å². The molecule has 16 nitrogen and oxygen atoms in total. The van der Waals surface area contributed by atoms with Crippen molar-refractivity contribution >= 4 is 58.6 Å². The van der Waals surface area contributed by atoms with Gasteiger partial charge in [-0.3, -0.25) is 33.6 Å². The zero-order valence-corrected chi connectivity index (χ0v) is 48.6. The number of carboxylic acids is 1. The van der Waals surface area contributed by atoms with E-state index in [9.17, 15) is 43.5 Å². The highest BCUT2D eigenvalue weighted by atomic mass is 16.5. The van der Waals surface area contributed by atoms with Gasteiger partial charge in [0.05, 0.1) is 36.8 Å². The Hall–Kier alpha value is -7.90. The number of nitrogens with one attached hydrogen (secondary N) is 4. The average molecular weight is 1090 g/mol. The number of carboxylic acid groups (broad SMARTS) is 1. The SMILES string of the molecule is CN[C@H](C(=O)N[C@H](C(=O)N(C)[C@H](/C=C(\C)C(=O)O)C(C)C)C(C)(C)C)C(C)(C)c1cccc(CC(=O)OCc2ccc(NC(=O)[C@H](C)CC(=O)[C@@H](NC(=O)CCC(=O)N3Cc4ccccc4C#Cc4ccccc43)C(C)C)cc2)c1. The molecular weight excluding hydrogens is 1010 g/mol. The number of ether oxygens (including phenoxy) is 1. The topological polar surface area (TPSA) is 221 Å². The highest BCUT2D eigenvalue weighted by molar-refractivity contribution is 5.99. The number of Topliss-reactive ketones (excluding diaryl/α,β-unsaturated/α-hetero) is 1. The van der Waals surface area contributed by atoms with Gasteiger partial charge in [-0.2, -0.15) is 0 Å². The number of anilines is 2. The van der Waals surface area contributed by atoms with Gasteiger partial charge in [-0.1, -0.05) is 154 Å². The van der Waals surface area contributed by atoms with Crippen LogP contribution >= 0.6 is 0 Å². The van der Waals surface area contributed by atoms with Crippen molar-refractivity contribution in [1.29, 1.82) is 0 Å². The van der Waals surface area contributed by atoms with E-state index in [1.54, 1.807) is 62.3 Å². The van der Waals surface area contributed by atoms with Crippen molar-refractivity contribution in [3.63, 3.8) is 0 Å². The average Bonchev–Trinajstić information content (AvgIpc) is 3.44. The van der Waals surface area contributed by atoms with Crippen LogP contribution in [0.25, 0.3) is 0 Å². The molecule has 5 atom stereocenters. The van der Waals surface area contributed by atoms with E-state index in [0.717, 1.165) is 16.7 Å². The molecule has 0 fully saturated rings. The third-order valence-corrected chi connectivity index (χ3v) is 14.6. The Morgan fingerprint density at radius 2 is 1.39 bits per heavy atom. The maximum atomic E-state index is 14.2. The Labute approximate surface area is 471 Å². The highest BCUT2D eigenvalue weighted by Gasteiger charge is 2.42. The Kier molecular flexibility index (Phi) is 21.9. The minimum Gasteiger partial charge on any atom is -0.478 e. The predicted octanol–water partition coefficient (Wildman–Crippen LogP) is 8.28. The van der Waals surface area contributed by atoms with Gasteiger partial charge in [-0.25, -0.2) is 4.79 Å². The molecule has 80 heavy (non-hydrogen) atoms. The first kappa shape index (κ1) is 62.9. The minimum absolute atomic E-state index is 0.0340. The number of ketones is 1. The summed E-state index contributed by atoms with van der Waals surface area (Å²) in [5.41, 5.74) is 4.24. The molecule has 0 saturated carbocycles. The van der Waals surface area contributed by atoms with Crippen LogP contribution in [-0.4, -0.2) is 95.5 Å². The number of amides is 5. The number of benzene rings is 4. The first-order valence-electron chi connectivity index (χ1n) is 27.2. The van der Waals surface area contributed by atoms with Crippen molar-refractivity contribution < 1.29 is 48.2 Å². The van der Waals surface area contributed by atoms with Gasteiger partial charge in [0.15, 0.2) is 5.78 Å². The van der Waals surface area contributed by atoms with Gasteiger partial charge in [-0.15, -0.1) is 0 Å². The molecular formula is C64H80N6O10. The molecule has 1 aliphatic heterocycles. The number of carbonyl (C=O) groups is 8. The fourth-order valence-corrected chi connectivity index (χ4v) is 9.65. The summed E-state index contributed by atoms with van der Waals surface area (Å²) in [5.74, 6) is 1.53. The lowest BCUT2D eigenvalue weighted by molar-refractivity contribution is -0.144. The van der Waals surface area contributed by atoms with Crippen LogP contribution in [0.2, 0.25) is 0 Å². The molecule has 1 heterocycles. The first-order chi connectivity index (χ1) is 37.6. The summed E-state index contributed by atoms with van der Waals surface area (Å²) in [4.78, 5) is 110. The number of aliphatic carboxylic acids is 1. The molecule has 0 aromatic heterocycles. The molecule has 1 aliphatic rings. The number of likely N-dealkylation sites (N-methyl/N-ethyl adjacent to an activating group) is 2. The van der Waals surface area contributed by atoms with Gasteiger partial charge in [0.2, 0.25) is 29.5 Å². The molecule has 0 bridgehead atoms. The molecule has 0 aliphatic carbocycles. The summed E-state index contributed by atoms with van der Waals surface area (Å²) in [6.45, 7) is 20.2. The van der Waals surface area contributed by atoms with Gasteiger partial charge in [0.1, 0.15) is 12.6 Å². The van der Waals surface area contributed by atoms with E-state index >= 15 is 0 Å². The third-order valence-electron chi connectivity index (χ3n) is 14.6. The second-order valence-electron chi connectivity index (χ2n) is 23.1. The maximum absolute atomic E-state index is 14.2. The molecule has 16 heteroatoms. The molecule has 0 radical (unpaired) electrons. The van der Waals surface area contributed by atoms with Crippen molar-refractivity contribution in [1.82, 2.24) is 20.9 Å². The van der Waals surface area contributed by atoms with Crippen molar-refractivity contribution in [2.24, 2.45) is 23.2 Å². The van der Waals surface area contributed by atoms with Gasteiger partial charge in [-0.05, 0) is 83.8 Å². The molecule has 5 rings (SSSR count). The maximum Gasteiger partial charge on any atom is 0.331 e. The number of rotatable bonds is 24. The normalized spacial score (nSPS) is 14.3. The number of para-hydroxylation sites is 1. The summed E-state index contributed by atoms with van der Waals surface area (Å²) < 4.78 is 5.64. The lowest BCUT2D eigenvalue weighted by Gasteiger charge is -2.40. The molecule has 0 saturated heterocycles. The predicted molar refractivity (Wildman–Crippen MR) is 310 cm³/mol. The lowest BCUT2D eigenvalue weighted by atomic mass is 9.76. The minimum atomic E-state index is -1.08. The summed E-state index contributed by atoms with van der Waals surface area (Å²) in [6.07, 6.45) is 1.16. The number of carbonyl (C=O) groups excluding carboxylic acids is 7. The number of nitrogens with zero attached hydrogens (tertiary/aromatic N) is 2. The van der Waals surface area contributed by atoms with Gasteiger partial charge in [0, 0.05) is 60.0 Å². The molecule has 5 amide bonds. The van der Waals surface area contributed by atoms with Crippen LogP contribution in [0.1, 0.15) is 129 Å². The van der Waals surface area contributed by atoms with E-state index in [-0.39, 0.29) is 67.3 Å². The fraction of sp³-hybridized carbons (Fsp3) is 0.438. The van der Waals surface area contributed by atoms with Crippen LogP contribution in [0.15, 0.2) is 109 Å². The molecule has 0 unspecified atom stereocenters. The number of fused-ring (bicyclic) bond motifs is 2. The fourth-order valence-electron chi connectivity index (χ4n) is 9.65. The first-order valence-corrected chi connectivity index (χ1v) is 27.2. The summed E-state index contributed by atoms with van der Waals surface area (Å²) in [7, 11) is 3.28. The summed E-state index contributed by atoms with van der Waals surface area (Å²) >= 11 is 0. The molecule has 5 N–H and O–H groups in total. The van der Waals surface area contributed by atoms with Crippen molar-refractivity contribution in [2.75, 3.05) is 24.3 Å². The zero-order valence-electron chi connectivity index (χ0n) is 48.6. The number of esters is 1. The Bertz CT molecular complexity index is 3020. The molecule has 0 spiro atoms. The van der Waals surface area contributed by atoms with Gasteiger partial charge < -0.3 is 40.9 Å². The Morgan fingerprint density at radius 1 is 0.750 bits per heavy atom. The van der Waals surface area contributed by atoms with Gasteiger partial charge >= 0.3 is 11.9 Å². The lowest BCUT2D eigenvalue weighted by Crippen LogP contribution is -2.61. The molecule has 4 aromatic carbocycles. The van der Waals surface area contributed by atoms with Crippen LogP contribution in [0.3, 0.4) is 0 Å². The van der Waals surface area contributed by atoms with Crippen LogP contribution in [0, 0.1) is 35.0 Å². The van der Waals surface area contributed by atoms with Crippen molar-refractivity contribution in [3.8, 4) is 11.8 Å². The smallest absolute Gasteiger partial charge is 0.331 e. The van der Waals surface area contributed by atoms with E-state index in [4.69, 9.17) is 4.74 Å². The Morgan fingerprint density at radius 3 is 2.01 bits per heavy atom. The van der Waals surface area contributed by atoms with E-state index < -0.39 is 70.6 Å². The van der Waals surface area contributed by atoms with E-state index in [2.05, 4.69) is 33.1 Å². The monoisotopic (exact) mass is 1090 g/mol. The van der Waals surface area contributed by atoms with Crippen molar-refractivity contribution in [2.45, 2.75) is 145 Å². The second kappa shape index (κ2) is 27.8. The zero-order chi connectivity index (χ0) is 59.2. The van der Waals surface area contributed by atoms with E-state index in [0.29, 0.717) is 34.6 Å².